The van der Waals surface area contributed by atoms with Crippen LogP contribution in [0, 0.1) is 11.8 Å². The lowest BCUT2D eigenvalue weighted by Gasteiger charge is -2.45. The number of allylic oxidation sites excluding steroid dienone is 2. The molecular formula is C27H25N3O7. The molecule has 1 amide bonds. The average Bonchev–Trinajstić information content (AvgIpc) is 2.85. The minimum atomic E-state index is -2.58. The van der Waals surface area contributed by atoms with Crippen LogP contribution in [-0.2, 0) is 16.0 Å². The van der Waals surface area contributed by atoms with Gasteiger partial charge in [-0.2, -0.15) is 0 Å². The largest absolute Gasteiger partial charge is 0.511 e. The second-order valence-corrected chi connectivity index (χ2v) is 9.49. The van der Waals surface area contributed by atoms with Crippen LogP contribution in [-0.4, -0.2) is 56.9 Å². The number of aromatic hydroxyl groups is 1. The number of amides is 1. The summed E-state index contributed by atoms with van der Waals surface area (Å²) in [5.74, 6) is -6.47. The minimum absolute atomic E-state index is 0.0218. The number of rotatable bonds is 4. The third-order valence-corrected chi connectivity index (χ3v) is 7.47. The quantitative estimate of drug-likeness (QED) is 0.208. The molecule has 7 N–H and O–H groups in total. The molecule has 1 unspecified atom stereocenters. The number of ketones is 2. The van der Waals surface area contributed by atoms with Gasteiger partial charge in [-0.25, -0.2) is 4.99 Å². The summed E-state index contributed by atoms with van der Waals surface area (Å²) in [6.07, 6.45) is 1.60. The highest BCUT2D eigenvalue weighted by molar-refractivity contribution is 6.24. The van der Waals surface area contributed by atoms with Gasteiger partial charge in [0.25, 0.3) is 5.91 Å². The van der Waals surface area contributed by atoms with E-state index in [0.717, 1.165) is 5.56 Å². The van der Waals surface area contributed by atoms with Crippen molar-refractivity contribution in [2.24, 2.45) is 22.6 Å². The van der Waals surface area contributed by atoms with Crippen molar-refractivity contribution in [2.45, 2.75) is 24.9 Å². The smallest absolute Gasteiger partial charge is 0.255 e. The van der Waals surface area contributed by atoms with Gasteiger partial charge in [0, 0.05) is 25.0 Å². The number of nitrogens with zero attached hydrogens (tertiary/aromatic N) is 1. The Morgan fingerprint density at radius 3 is 2.46 bits per heavy atom. The number of carbonyl (C=O) groups excluding carboxylic acids is 3. The molecule has 2 aromatic rings. The fourth-order valence-electron chi connectivity index (χ4n) is 5.76. The van der Waals surface area contributed by atoms with Gasteiger partial charge in [-0.1, -0.05) is 18.2 Å². The number of aliphatic hydroxyl groups is 3. The monoisotopic (exact) mass is 503 g/mol. The van der Waals surface area contributed by atoms with Gasteiger partial charge in [-0.15, -0.1) is 0 Å². The van der Waals surface area contributed by atoms with Crippen LogP contribution < -0.4 is 11.1 Å². The molecular weight excluding hydrogens is 478 g/mol. The summed E-state index contributed by atoms with van der Waals surface area (Å²) in [6.45, 7) is 0. The maximum absolute atomic E-state index is 13.7. The highest BCUT2D eigenvalue weighted by atomic mass is 16.3. The number of phenolic OH excluding ortho intramolecular Hbond substituents is 1. The normalized spacial score (nSPS) is 25.1. The Bertz CT molecular complexity index is 1460. The van der Waals surface area contributed by atoms with Crippen LogP contribution >= 0.6 is 0 Å². The number of Topliss-reactive ketones (excluding diaryl/α,β-unsaturated/α-hetero) is 2. The van der Waals surface area contributed by atoms with Crippen molar-refractivity contribution in [1.29, 1.82) is 0 Å². The first-order valence-electron chi connectivity index (χ1n) is 11.7. The zero-order valence-corrected chi connectivity index (χ0v) is 19.9. The Hall–Kier alpha value is -4.44. The van der Waals surface area contributed by atoms with E-state index in [4.69, 9.17) is 5.73 Å². The second-order valence-electron chi connectivity index (χ2n) is 9.49. The van der Waals surface area contributed by atoms with Gasteiger partial charge >= 0.3 is 0 Å². The van der Waals surface area contributed by atoms with E-state index in [9.17, 15) is 34.8 Å². The van der Waals surface area contributed by atoms with E-state index in [1.54, 1.807) is 19.5 Å². The van der Waals surface area contributed by atoms with Crippen LogP contribution in [0.1, 0.15) is 28.8 Å². The second kappa shape index (κ2) is 8.59. The third-order valence-electron chi connectivity index (χ3n) is 7.47. The van der Waals surface area contributed by atoms with Gasteiger partial charge in [0.15, 0.2) is 11.4 Å². The number of hydrogen-bond acceptors (Lipinski definition) is 8. The summed E-state index contributed by atoms with van der Waals surface area (Å²) < 4.78 is 0. The first-order chi connectivity index (χ1) is 17.6. The van der Waals surface area contributed by atoms with Gasteiger partial charge in [-0.05, 0) is 53.6 Å². The number of phenols is 1. The molecule has 0 spiro atoms. The Labute approximate surface area is 211 Å². The van der Waals surface area contributed by atoms with Crippen molar-refractivity contribution in [3.05, 3.63) is 70.2 Å². The Balaban J connectivity index is 1.62. The van der Waals surface area contributed by atoms with Gasteiger partial charge in [0.1, 0.15) is 22.8 Å². The molecule has 0 aliphatic heterocycles. The van der Waals surface area contributed by atoms with Crippen LogP contribution in [0.15, 0.2) is 64.1 Å². The van der Waals surface area contributed by atoms with Gasteiger partial charge in [0.2, 0.25) is 5.78 Å². The molecule has 3 aliphatic carbocycles. The van der Waals surface area contributed by atoms with Crippen molar-refractivity contribution in [2.75, 3.05) is 7.05 Å². The zero-order chi connectivity index (χ0) is 26.6. The first kappa shape index (κ1) is 24.3. The molecule has 0 radical (unpaired) electrons. The molecule has 10 nitrogen and oxygen atoms in total. The molecule has 5 rings (SSSR count). The average molecular weight is 504 g/mol. The maximum Gasteiger partial charge on any atom is 0.255 e. The van der Waals surface area contributed by atoms with Gasteiger partial charge in [-0.3, -0.25) is 14.4 Å². The third kappa shape index (κ3) is 3.52. The molecule has 2 aromatic carbocycles. The number of carbonyl (C=O) groups is 3. The number of nitrogens with two attached hydrogens (primary N) is 1. The molecule has 0 aromatic heterocycles. The number of aliphatic hydroxyl groups excluding tert-OH is 2. The van der Waals surface area contributed by atoms with Crippen LogP contribution in [0.5, 0.6) is 5.75 Å². The fourth-order valence-corrected chi connectivity index (χ4v) is 5.76. The van der Waals surface area contributed by atoms with Gasteiger partial charge < -0.3 is 31.5 Å². The minimum Gasteiger partial charge on any atom is -0.511 e. The standard InChI is InChI=1S/C27H25N3O7/c1-29-11-30-15-4-2-12(3-5-15)16-6-7-18(31)21-17(16)9-13-8-14-10-19(32)22(26(28)36)25(35)27(14,37)24(34)20(13)23(21)33/h2-7,11,13-14,31-32,34,37H,8-10H2,1H3,(H2,28,36)(H,29,30)/t13-,14?,27+/m1/s1. The van der Waals surface area contributed by atoms with E-state index in [0.29, 0.717) is 16.8 Å². The van der Waals surface area contributed by atoms with Crippen LogP contribution in [0.2, 0.25) is 0 Å². The fraction of sp³-hybridized carbons (Fsp3) is 0.259. The molecule has 10 heteroatoms. The van der Waals surface area contributed by atoms with E-state index < -0.39 is 52.0 Å². The van der Waals surface area contributed by atoms with Gasteiger partial charge in [0.05, 0.1) is 17.6 Å². The van der Waals surface area contributed by atoms with Crippen LogP contribution in [0.3, 0.4) is 0 Å². The SMILES string of the molecule is CN/C=N\c1ccc(-c2ccc(O)c3c2C[C@H]2CC4CC(O)=C(C(N)=O)C(=O)[C@@]4(O)C(O)=C2C3=O)cc1. The molecule has 0 heterocycles. The Morgan fingerprint density at radius 1 is 1.11 bits per heavy atom. The lowest BCUT2D eigenvalue weighted by atomic mass is 9.60. The number of benzene rings is 2. The van der Waals surface area contributed by atoms with Crippen LogP contribution in [0.25, 0.3) is 11.1 Å². The molecule has 0 fully saturated rings. The summed E-state index contributed by atoms with van der Waals surface area (Å²) in [4.78, 5) is 42.7. The van der Waals surface area contributed by atoms with Crippen molar-refractivity contribution in [3.8, 4) is 16.9 Å². The zero-order valence-electron chi connectivity index (χ0n) is 19.9. The summed E-state index contributed by atoms with van der Waals surface area (Å²) in [5.41, 5.74) is 4.44. The van der Waals surface area contributed by atoms with E-state index in [-0.39, 0.29) is 36.1 Å². The highest BCUT2D eigenvalue weighted by Gasteiger charge is 2.59. The van der Waals surface area contributed by atoms with Crippen molar-refractivity contribution in [1.82, 2.24) is 5.32 Å². The molecule has 3 atom stereocenters. The number of aliphatic imine (C=N–C) groups is 1. The summed E-state index contributed by atoms with van der Waals surface area (Å²) >= 11 is 0. The van der Waals surface area contributed by atoms with Crippen molar-refractivity contribution >= 4 is 29.5 Å². The number of fused-ring (bicyclic) bond motifs is 3. The molecule has 3 aliphatic rings. The van der Waals surface area contributed by atoms with E-state index in [1.807, 2.05) is 24.3 Å². The predicted octanol–water partition coefficient (Wildman–Crippen LogP) is 2.13. The van der Waals surface area contributed by atoms with Crippen LogP contribution in [0.4, 0.5) is 5.69 Å². The Kier molecular flexibility index (Phi) is 5.64. The number of nitrogens with one attached hydrogen (secondary N) is 1. The predicted molar refractivity (Wildman–Crippen MR) is 133 cm³/mol. The maximum atomic E-state index is 13.7. The number of hydrogen-bond donors (Lipinski definition) is 6. The summed E-state index contributed by atoms with van der Waals surface area (Å²) in [6, 6.07) is 10.4. The summed E-state index contributed by atoms with van der Waals surface area (Å²) in [5, 5.41) is 46.2. The van der Waals surface area contributed by atoms with E-state index in [2.05, 4.69) is 10.3 Å². The van der Waals surface area contributed by atoms with E-state index >= 15 is 0 Å². The first-order valence-corrected chi connectivity index (χ1v) is 11.7. The molecule has 37 heavy (non-hydrogen) atoms. The summed E-state index contributed by atoms with van der Waals surface area (Å²) in [7, 11) is 1.74. The van der Waals surface area contributed by atoms with Crippen molar-refractivity contribution < 1.29 is 34.8 Å². The molecule has 0 saturated carbocycles. The molecule has 190 valence electrons. The highest BCUT2D eigenvalue weighted by Crippen LogP contribution is 2.52. The van der Waals surface area contributed by atoms with Crippen molar-refractivity contribution in [3.63, 3.8) is 0 Å². The molecule has 0 saturated heterocycles. The van der Waals surface area contributed by atoms with E-state index in [1.165, 1.54) is 6.07 Å². The topological polar surface area (TPSA) is 183 Å². The number of primary amides is 1. The molecule has 0 bridgehead atoms. The Morgan fingerprint density at radius 2 is 1.81 bits per heavy atom. The lowest BCUT2D eigenvalue weighted by Crippen LogP contribution is -2.57. The lowest BCUT2D eigenvalue weighted by molar-refractivity contribution is -0.144.